The number of anilines is 1. The van der Waals surface area contributed by atoms with Crippen LogP contribution in [-0.2, 0) is 0 Å². The highest BCUT2D eigenvalue weighted by atomic mass is 16.5. The molecule has 3 aromatic rings. The Morgan fingerprint density at radius 1 is 1.19 bits per heavy atom. The van der Waals surface area contributed by atoms with Crippen molar-refractivity contribution in [1.82, 2.24) is 14.6 Å². The second-order valence-corrected chi connectivity index (χ2v) is 6.34. The van der Waals surface area contributed by atoms with Gasteiger partial charge < -0.3 is 19.5 Å². The summed E-state index contributed by atoms with van der Waals surface area (Å²) in [5, 5.41) is 14.2. The predicted molar refractivity (Wildman–Crippen MR) is 99.0 cm³/mol. The molecule has 0 radical (unpaired) electrons. The van der Waals surface area contributed by atoms with Gasteiger partial charge in [0.15, 0.2) is 17.1 Å². The van der Waals surface area contributed by atoms with Crippen molar-refractivity contribution in [2.75, 3.05) is 32.3 Å². The van der Waals surface area contributed by atoms with Crippen molar-refractivity contribution in [3.8, 4) is 22.6 Å². The molecule has 0 spiro atoms. The Labute approximate surface area is 151 Å². The van der Waals surface area contributed by atoms with Gasteiger partial charge in [-0.15, -0.1) is 0 Å². The number of hydrogen-bond donors (Lipinski definition) is 1. The highest BCUT2D eigenvalue weighted by molar-refractivity contribution is 5.79. The molecule has 1 aromatic carbocycles. The maximum atomic E-state index is 9.65. The molecule has 1 atom stereocenters. The second-order valence-electron chi connectivity index (χ2n) is 6.34. The van der Waals surface area contributed by atoms with Crippen LogP contribution in [0.3, 0.4) is 0 Å². The van der Waals surface area contributed by atoms with E-state index in [1.807, 2.05) is 35.0 Å². The third-order valence-corrected chi connectivity index (χ3v) is 4.96. The van der Waals surface area contributed by atoms with E-state index in [0.717, 1.165) is 42.0 Å². The largest absolute Gasteiger partial charge is 0.493 e. The van der Waals surface area contributed by atoms with Crippen LogP contribution in [0.2, 0.25) is 0 Å². The van der Waals surface area contributed by atoms with E-state index in [2.05, 4.69) is 15.0 Å². The summed E-state index contributed by atoms with van der Waals surface area (Å²) in [5.41, 5.74) is 2.66. The van der Waals surface area contributed by atoms with Crippen molar-refractivity contribution >= 4 is 11.5 Å². The number of hydrogen-bond acceptors (Lipinski definition) is 6. The Balaban J connectivity index is 1.80. The minimum Gasteiger partial charge on any atom is -0.493 e. The van der Waals surface area contributed by atoms with E-state index in [4.69, 9.17) is 9.47 Å². The molecular weight excluding hydrogens is 332 g/mol. The Hall–Kier alpha value is -2.80. The highest BCUT2D eigenvalue weighted by Crippen LogP contribution is 2.34. The summed E-state index contributed by atoms with van der Waals surface area (Å²) in [6.45, 7) is 1.06. The number of ether oxygens (including phenoxy) is 2. The average molecular weight is 354 g/mol. The molecule has 3 heterocycles. The van der Waals surface area contributed by atoms with Crippen LogP contribution in [0.4, 0.5) is 5.82 Å². The lowest BCUT2D eigenvalue weighted by Crippen LogP contribution is -2.33. The number of methoxy groups -OCH3 is 2. The number of fused-ring (bicyclic) bond motifs is 1. The molecule has 0 amide bonds. The Morgan fingerprint density at radius 2 is 2.04 bits per heavy atom. The van der Waals surface area contributed by atoms with Crippen LogP contribution in [0.25, 0.3) is 16.8 Å². The first-order valence-corrected chi connectivity index (χ1v) is 8.69. The molecule has 1 aliphatic heterocycles. The van der Waals surface area contributed by atoms with E-state index in [1.165, 1.54) is 0 Å². The molecule has 0 saturated carbocycles. The van der Waals surface area contributed by atoms with Gasteiger partial charge in [-0.2, -0.15) is 9.61 Å². The topological polar surface area (TPSA) is 72.1 Å². The smallest absolute Gasteiger partial charge is 0.165 e. The molecule has 2 aromatic heterocycles. The molecule has 0 unspecified atom stereocenters. The van der Waals surface area contributed by atoms with Crippen LogP contribution in [0.5, 0.6) is 11.5 Å². The molecule has 26 heavy (non-hydrogen) atoms. The van der Waals surface area contributed by atoms with E-state index >= 15 is 0 Å². The van der Waals surface area contributed by atoms with Crippen molar-refractivity contribution < 1.29 is 14.6 Å². The van der Waals surface area contributed by atoms with E-state index < -0.39 is 0 Å². The minimum absolute atomic E-state index is 0.134. The molecule has 136 valence electrons. The number of aliphatic hydroxyl groups excluding tert-OH is 1. The van der Waals surface area contributed by atoms with Crippen LogP contribution in [0.15, 0.2) is 36.7 Å². The van der Waals surface area contributed by atoms with Gasteiger partial charge in [-0.3, -0.25) is 0 Å². The third-order valence-electron chi connectivity index (χ3n) is 4.96. The van der Waals surface area contributed by atoms with E-state index in [-0.39, 0.29) is 12.6 Å². The van der Waals surface area contributed by atoms with E-state index in [9.17, 15) is 5.11 Å². The fourth-order valence-electron chi connectivity index (χ4n) is 3.63. The van der Waals surface area contributed by atoms with Gasteiger partial charge in [0, 0.05) is 18.3 Å². The molecule has 1 N–H and O–H groups in total. The maximum Gasteiger partial charge on any atom is 0.165 e. The number of benzene rings is 1. The monoisotopic (exact) mass is 354 g/mol. The SMILES string of the molecule is COc1ccc(-c2cnn3c(N4CCC[C@H]4CO)ccnc23)cc1OC. The summed E-state index contributed by atoms with van der Waals surface area (Å²) >= 11 is 0. The zero-order valence-corrected chi connectivity index (χ0v) is 14.9. The number of aromatic nitrogens is 3. The minimum atomic E-state index is 0.134. The van der Waals surface area contributed by atoms with Gasteiger partial charge in [0.2, 0.25) is 0 Å². The first kappa shape index (κ1) is 16.7. The van der Waals surface area contributed by atoms with Crippen LogP contribution in [0, 0.1) is 0 Å². The zero-order chi connectivity index (χ0) is 18.1. The Morgan fingerprint density at radius 3 is 2.81 bits per heavy atom. The molecule has 4 rings (SSSR count). The van der Waals surface area contributed by atoms with E-state index in [0.29, 0.717) is 11.5 Å². The van der Waals surface area contributed by atoms with Crippen LogP contribution in [0.1, 0.15) is 12.8 Å². The van der Waals surface area contributed by atoms with Crippen molar-refractivity contribution in [3.63, 3.8) is 0 Å². The first-order chi connectivity index (χ1) is 12.8. The number of nitrogens with zero attached hydrogens (tertiary/aromatic N) is 4. The van der Waals surface area contributed by atoms with E-state index in [1.54, 1.807) is 20.4 Å². The third kappa shape index (κ3) is 2.64. The van der Waals surface area contributed by atoms with Crippen LogP contribution < -0.4 is 14.4 Å². The molecule has 0 bridgehead atoms. The summed E-state index contributed by atoms with van der Waals surface area (Å²) in [4.78, 5) is 6.75. The first-order valence-electron chi connectivity index (χ1n) is 8.69. The molecule has 1 aliphatic rings. The Kier molecular flexibility index (Phi) is 4.38. The lowest BCUT2D eigenvalue weighted by atomic mass is 10.1. The van der Waals surface area contributed by atoms with Crippen molar-refractivity contribution in [2.24, 2.45) is 0 Å². The fourth-order valence-corrected chi connectivity index (χ4v) is 3.63. The summed E-state index contributed by atoms with van der Waals surface area (Å²) in [6, 6.07) is 7.86. The maximum absolute atomic E-state index is 9.65. The van der Waals surface area contributed by atoms with Gasteiger partial charge >= 0.3 is 0 Å². The molecule has 0 aliphatic carbocycles. The van der Waals surface area contributed by atoms with Crippen LogP contribution in [-0.4, -0.2) is 53.1 Å². The summed E-state index contributed by atoms with van der Waals surface area (Å²) in [7, 11) is 3.24. The quantitative estimate of drug-likeness (QED) is 0.758. The van der Waals surface area contributed by atoms with Crippen molar-refractivity contribution in [3.05, 3.63) is 36.7 Å². The summed E-state index contributed by atoms with van der Waals surface area (Å²) in [6.07, 6.45) is 5.67. The predicted octanol–water partition coefficient (Wildman–Crippen LogP) is 2.37. The van der Waals surface area contributed by atoms with Gasteiger partial charge in [0.1, 0.15) is 5.82 Å². The summed E-state index contributed by atoms with van der Waals surface area (Å²) < 4.78 is 12.6. The van der Waals surface area contributed by atoms with Gasteiger partial charge in [-0.05, 0) is 36.6 Å². The van der Waals surface area contributed by atoms with Crippen molar-refractivity contribution in [1.29, 1.82) is 0 Å². The van der Waals surface area contributed by atoms with Gasteiger partial charge in [0.05, 0.1) is 33.1 Å². The van der Waals surface area contributed by atoms with Gasteiger partial charge in [-0.1, -0.05) is 6.07 Å². The lowest BCUT2D eigenvalue weighted by Gasteiger charge is -2.25. The van der Waals surface area contributed by atoms with Gasteiger partial charge in [-0.25, -0.2) is 4.98 Å². The normalized spacial score (nSPS) is 17.0. The zero-order valence-electron chi connectivity index (χ0n) is 14.9. The number of aliphatic hydroxyl groups is 1. The fraction of sp³-hybridized carbons (Fsp3) is 0.368. The highest BCUT2D eigenvalue weighted by Gasteiger charge is 2.26. The standard InChI is InChI=1S/C19H22N4O3/c1-25-16-6-5-13(10-17(16)26-2)15-11-21-23-18(7-8-20-19(15)23)22-9-3-4-14(22)12-24/h5-8,10-11,14,24H,3-4,9,12H2,1-2H3/t14-/m0/s1. The lowest BCUT2D eigenvalue weighted by molar-refractivity contribution is 0.265. The molecular formula is C19H22N4O3. The second kappa shape index (κ2) is 6.84. The molecule has 1 saturated heterocycles. The number of rotatable bonds is 5. The summed E-state index contributed by atoms with van der Waals surface area (Å²) in [5.74, 6) is 2.31. The molecule has 7 nitrogen and oxygen atoms in total. The Bertz CT molecular complexity index is 924. The van der Waals surface area contributed by atoms with Crippen LogP contribution >= 0.6 is 0 Å². The molecule has 7 heteroatoms. The molecule has 1 fully saturated rings. The van der Waals surface area contributed by atoms with Gasteiger partial charge in [0.25, 0.3) is 0 Å². The average Bonchev–Trinajstić information content (AvgIpc) is 3.33. The van der Waals surface area contributed by atoms with Crippen molar-refractivity contribution in [2.45, 2.75) is 18.9 Å².